The second-order valence-electron chi connectivity index (χ2n) is 4.45. The largest absolute Gasteiger partial charge is 0.382 e. The molecule has 1 saturated carbocycles. The maximum Gasteiger partial charge on any atom is 0.189 e. The van der Waals surface area contributed by atoms with E-state index in [1.165, 1.54) is 25.7 Å². The summed E-state index contributed by atoms with van der Waals surface area (Å²) in [5, 5.41) is 4.14. The zero-order chi connectivity index (χ0) is 11.1. The van der Waals surface area contributed by atoms with Crippen molar-refractivity contribution in [2.75, 3.05) is 0 Å². The molecule has 1 rings (SSSR count). The van der Waals surface area contributed by atoms with Gasteiger partial charge in [0.25, 0.3) is 0 Å². The smallest absolute Gasteiger partial charge is 0.189 e. The van der Waals surface area contributed by atoms with Gasteiger partial charge in [-0.05, 0) is 39.0 Å². The van der Waals surface area contributed by atoms with Crippen LogP contribution in [0, 0.1) is 0 Å². The van der Waals surface area contributed by atoms with Crippen molar-refractivity contribution < 1.29 is 9.63 Å². The van der Waals surface area contributed by atoms with E-state index in [0.717, 1.165) is 24.8 Å². The molecule has 1 atom stereocenters. The van der Waals surface area contributed by atoms with Crippen molar-refractivity contribution in [3.63, 3.8) is 0 Å². The van der Waals surface area contributed by atoms with Gasteiger partial charge in [-0.3, -0.25) is 4.79 Å². The van der Waals surface area contributed by atoms with Gasteiger partial charge in [0, 0.05) is 0 Å². The molecule has 86 valence electrons. The summed E-state index contributed by atoms with van der Waals surface area (Å²) in [6.45, 7) is 3.71. The average Bonchev–Trinajstić information content (AvgIpc) is 2.54. The Morgan fingerprint density at radius 3 is 2.40 bits per heavy atom. The molecule has 1 fully saturated rings. The second-order valence-corrected chi connectivity index (χ2v) is 4.45. The summed E-state index contributed by atoms with van der Waals surface area (Å²) in [5.74, 6) is 0. The first-order valence-corrected chi connectivity index (χ1v) is 5.90. The van der Waals surface area contributed by atoms with E-state index in [1.807, 2.05) is 6.92 Å². The molecule has 3 nitrogen and oxygen atoms in total. The summed E-state index contributed by atoms with van der Waals surface area (Å²) in [4.78, 5) is 16.1. The predicted molar refractivity (Wildman–Crippen MR) is 61.0 cm³/mol. The van der Waals surface area contributed by atoms with Crippen LogP contribution < -0.4 is 0 Å². The van der Waals surface area contributed by atoms with E-state index in [2.05, 4.69) is 5.16 Å². The molecule has 0 amide bonds. The zero-order valence-electron chi connectivity index (χ0n) is 9.79. The Bertz CT molecular complexity index is 228. The first-order chi connectivity index (χ1) is 7.20. The molecular weight excluding hydrogens is 190 g/mol. The molecular formula is C12H21NO2. The summed E-state index contributed by atoms with van der Waals surface area (Å²) in [7, 11) is 0. The summed E-state index contributed by atoms with van der Waals surface area (Å²) in [6.07, 6.45) is 8.53. The first kappa shape index (κ1) is 12.2. The molecule has 0 saturated heterocycles. The topological polar surface area (TPSA) is 38.7 Å². The Morgan fingerprint density at radius 2 is 1.93 bits per heavy atom. The minimum atomic E-state index is -0.737. The normalized spacial score (nSPS) is 21.3. The summed E-state index contributed by atoms with van der Waals surface area (Å²) in [5.41, 5.74) is 0.383. The van der Waals surface area contributed by atoms with Crippen molar-refractivity contribution >= 4 is 12.0 Å². The molecule has 0 aromatic heterocycles. The molecule has 0 heterocycles. The van der Waals surface area contributed by atoms with E-state index < -0.39 is 5.60 Å². The Labute approximate surface area is 91.9 Å². The highest BCUT2D eigenvalue weighted by Crippen LogP contribution is 2.17. The van der Waals surface area contributed by atoms with E-state index in [9.17, 15) is 4.79 Å². The Morgan fingerprint density at radius 1 is 1.33 bits per heavy atom. The fraction of sp³-hybridized carbons (Fsp3) is 0.833. The van der Waals surface area contributed by atoms with E-state index in [-0.39, 0.29) is 0 Å². The minimum Gasteiger partial charge on any atom is -0.382 e. The molecule has 0 aromatic rings. The van der Waals surface area contributed by atoms with Gasteiger partial charge in [0.05, 0.1) is 5.71 Å². The van der Waals surface area contributed by atoms with E-state index in [1.54, 1.807) is 6.92 Å². The standard InChI is InChI=1S/C12H21NO2/c1-3-12(2,10-14)15-13-11-8-6-4-5-7-9-11/h10H,3-9H2,1-2H3. The highest BCUT2D eigenvalue weighted by molar-refractivity contribution is 5.84. The SMILES string of the molecule is CCC(C)(C=O)ON=C1CCCCCC1. The summed E-state index contributed by atoms with van der Waals surface area (Å²) in [6, 6.07) is 0. The van der Waals surface area contributed by atoms with Crippen LogP contribution in [0.2, 0.25) is 0 Å². The van der Waals surface area contributed by atoms with Crippen LogP contribution in [0.25, 0.3) is 0 Å². The van der Waals surface area contributed by atoms with Crippen LogP contribution in [0.5, 0.6) is 0 Å². The fourth-order valence-electron chi connectivity index (χ4n) is 1.57. The summed E-state index contributed by atoms with van der Waals surface area (Å²) < 4.78 is 0. The lowest BCUT2D eigenvalue weighted by atomic mass is 10.1. The van der Waals surface area contributed by atoms with E-state index >= 15 is 0 Å². The predicted octanol–water partition coefficient (Wildman–Crippen LogP) is 3.08. The van der Waals surface area contributed by atoms with Gasteiger partial charge in [0.1, 0.15) is 0 Å². The van der Waals surface area contributed by atoms with E-state index in [0.29, 0.717) is 6.42 Å². The van der Waals surface area contributed by atoms with Gasteiger partial charge in [-0.2, -0.15) is 0 Å². The Hall–Kier alpha value is -0.860. The van der Waals surface area contributed by atoms with Crippen molar-refractivity contribution in [1.82, 2.24) is 0 Å². The molecule has 0 aromatic carbocycles. The van der Waals surface area contributed by atoms with Gasteiger partial charge in [-0.25, -0.2) is 0 Å². The molecule has 0 bridgehead atoms. The highest BCUT2D eigenvalue weighted by Gasteiger charge is 2.23. The Balaban J connectivity index is 2.50. The number of rotatable bonds is 4. The van der Waals surface area contributed by atoms with Gasteiger partial charge in [0.2, 0.25) is 0 Å². The molecule has 15 heavy (non-hydrogen) atoms. The first-order valence-electron chi connectivity index (χ1n) is 5.90. The number of hydrogen-bond donors (Lipinski definition) is 0. The second kappa shape index (κ2) is 5.89. The molecule has 0 spiro atoms. The third-order valence-corrected chi connectivity index (χ3v) is 3.02. The number of aldehydes is 1. The molecule has 1 aliphatic rings. The quantitative estimate of drug-likeness (QED) is 0.407. The maximum atomic E-state index is 10.8. The lowest BCUT2D eigenvalue weighted by Gasteiger charge is -2.18. The summed E-state index contributed by atoms with van der Waals surface area (Å²) >= 11 is 0. The van der Waals surface area contributed by atoms with Gasteiger partial charge in [-0.15, -0.1) is 0 Å². The van der Waals surface area contributed by atoms with Crippen molar-refractivity contribution in [1.29, 1.82) is 0 Å². The van der Waals surface area contributed by atoms with Crippen LogP contribution in [0.1, 0.15) is 58.8 Å². The van der Waals surface area contributed by atoms with Crippen LogP contribution >= 0.6 is 0 Å². The van der Waals surface area contributed by atoms with Crippen molar-refractivity contribution in [2.24, 2.45) is 5.16 Å². The van der Waals surface area contributed by atoms with Gasteiger partial charge < -0.3 is 4.84 Å². The lowest BCUT2D eigenvalue weighted by Crippen LogP contribution is -2.27. The van der Waals surface area contributed by atoms with Crippen molar-refractivity contribution in [2.45, 2.75) is 64.4 Å². The molecule has 1 unspecified atom stereocenters. The lowest BCUT2D eigenvalue weighted by molar-refractivity contribution is -0.129. The zero-order valence-corrected chi connectivity index (χ0v) is 9.79. The molecule has 0 aliphatic heterocycles. The van der Waals surface area contributed by atoms with Crippen LogP contribution in [0.4, 0.5) is 0 Å². The number of oxime groups is 1. The van der Waals surface area contributed by atoms with E-state index in [4.69, 9.17) is 4.84 Å². The molecule has 1 aliphatic carbocycles. The third kappa shape index (κ3) is 4.02. The van der Waals surface area contributed by atoms with Crippen molar-refractivity contribution in [3.8, 4) is 0 Å². The number of hydrogen-bond acceptors (Lipinski definition) is 3. The van der Waals surface area contributed by atoms with Crippen LogP contribution in [0.15, 0.2) is 5.16 Å². The molecule has 3 heteroatoms. The van der Waals surface area contributed by atoms with Crippen LogP contribution in [0.3, 0.4) is 0 Å². The number of carbonyl (C=O) groups excluding carboxylic acids is 1. The number of carbonyl (C=O) groups is 1. The van der Waals surface area contributed by atoms with Crippen LogP contribution in [-0.4, -0.2) is 17.6 Å². The highest BCUT2D eigenvalue weighted by atomic mass is 16.7. The van der Waals surface area contributed by atoms with Gasteiger partial charge >= 0.3 is 0 Å². The van der Waals surface area contributed by atoms with Crippen LogP contribution in [-0.2, 0) is 9.63 Å². The molecule has 0 radical (unpaired) electrons. The Kier molecular flexibility index (Phi) is 4.79. The minimum absolute atomic E-state index is 0.660. The third-order valence-electron chi connectivity index (χ3n) is 3.02. The molecule has 0 N–H and O–H groups in total. The average molecular weight is 211 g/mol. The van der Waals surface area contributed by atoms with Crippen molar-refractivity contribution in [3.05, 3.63) is 0 Å². The maximum absolute atomic E-state index is 10.8. The number of nitrogens with zero attached hydrogens (tertiary/aromatic N) is 1. The fourth-order valence-corrected chi connectivity index (χ4v) is 1.57. The van der Waals surface area contributed by atoms with Gasteiger partial charge in [-0.1, -0.05) is 24.9 Å². The monoisotopic (exact) mass is 211 g/mol. The van der Waals surface area contributed by atoms with Gasteiger partial charge in [0.15, 0.2) is 11.9 Å².